The van der Waals surface area contributed by atoms with Gasteiger partial charge in [-0.3, -0.25) is 10.1 Å². The van der Waals surface area contributed by atoms with Gasteiger partial charge in [-0.05, 0) is 47.9 Å². The standard InChI is InChI=1S/C27H20FN5O2S/c1-2-20(26(34)31-27-32-29-15-36-27)25-21-6-4-3-5-16(21)14-35-24-12-23-17(11-22(24)25)13-30-33(23)19-9-7-18(28)8-10-19/h3-13,15H,2,14H2,1H3,(H,31,32,34)/b25-20+. The van der Waals surface area contributed by atoms with Crippen molar-refractivity contribution in [3.8, 4) is 11.4 Å². The van der Waals surface area contributed by atoms with Gasteiger partial charge in [-0.2, -0.15) is 5.10 Å². The molecular weight excluding hydrogens is 477 g/mol. The molecule has 0 radical (unpaired) electrons. The quantitative estimate of drug-likeness (QED) is 0.319. The number of ether oxygens (including phenoxy) is 1. The summed E-state index contributed by atoms with van der Waals surface area (Å²) in [5.41, 5.74) is 7.33. The van der Waals surface area contributed by atoms with Crippen LogP contribution in [0.2, 0.25) is 0 Å². The van der Waals surface area contributed by atoms with Gasteiger partial charge in [-0.25, -0.2) is 9.07 Å². The Morgan fingerprint density at radius 1 is 1.14 bits per heavy atom. The Morgan fingerprint density at radius 2 is 1.97 bits per heavy atom. The van der Waals surface area contributed by atoms with Gasteiger partial charge in [0.05, 0.1) is 17.4 Å². The molecular formula is C27H20FN5O2S. The van der Waals surface area contributed by atoms with Crippen LogP contribution in [0.1, 0.15) is 30.0 Å². The minimum Gasteiger partial charge on any atom is -0.488 e. The predicted octanol–water partition coefficient (Wildman–Crippen LogP) is 5.76. The Morgan fingerprint density at radius 3 is 2.75 bits per heavy atom. The molecule has 178 valence electrons. The van der Waals surface area contributed by atoms with Crippen molar-refractivity contribution in [3.05, 3.63) is 100 Å². The highest BCUT2D eigenvalue weighted by Gasteiger charge is 2.26. The lowest BCUT2D eigenvalue weighted by Crippen LogP contribution is -2.16. The third-order valence-electron chi connectivity index (χ3n) is 6.19. The van der Waals surface area contributed by atoms with E-state index in [9.17, 15) is 9.18 Å². The van der Waals surface area contributed by atoms with Gasteiger partial charge in [0, 0.05) is 28.2 Å². The Balaban J connectivity index is 1.56. The third kappa shape index (κ3) is 3.83. The second-order valence-electron chi connectivity index (χ2n) is 8.29. The highest BCUT2D eigenvalue weighted by molar-refractivity contribution is 7.13. The number of nitrogens with zero attached hydrogens (tertiary/aromatic N) is 4. The summed E-state index contributed by atoms with van der Waals surface area (Å²) in [7, 11) is 0. The molecule has 1 N–H and O–H groups in total. The van der Waals surface area contributed by atoms with E-state index < -0.39 is 0 Å². The smallest absolute Gasteiger partial charge is 0.254 e. The molecule has 1 amide bonds. The summed E-state index contributed by atoms with van der Waals surface area (Å²) in [6.45, 7) is 2.32. The highest BCUT2D eigenvalue weighted by Crippen LogP contribution is 2.42. The van der Waals surface area contributed by atoms with E-state index in [1.54, 1.807) is 28.5 Å². The lowest BCUT2D eigenvalue weighted by Gasteiger charge is -2.16. The van der Waals surface area contributed by atoms with Crippen molar-refractivity contribution in [1.82, 2.24) is 20.0 Å². The van der Waals surface area contributed by atoms with E-state index in [1.165, 1.54) is 23.5 Å². The number of amides is 1. The lowest BCUT2D eigenvalue weighted by molar-refractivity contribution is -0.112. The molecule has 5 aromatic rings. The number of hydrogen-bond donors (Lipinski definition) is 1. The molecule has 6 rings (SSSR count). The molecule has 7 nitrogen and oxygen atoms in total. The van der Waals surface area contributed by atoms with Crippen LogP contribution < -0.4 is 10.1 Å². The van der Waals surface area contributed by atoms with Gasteiger partial charge in [0.1, 0.15) is 23.7 Å². The second kappa shape index (κ2) is 9.01. The first-order valence-electron chi connectivity index (χ1n) is 11.4. The van der Waals surface area contributed by atoms with Crippen molar-refractivity contribution >= 4 is 38.9 Å². The predicted molar refractivity (Wildman–Crippen MR) is 137 cm³/mol. The number of fused-ring (bicyclic) bond motifs is 3. The normalized spacial score (nSPS) is 13.9. The molecule has 0 fully saturated rings. The van der Waals surface area contributed by atoms with E-state index >= 15 is 0 Å². The van der Waals surface area contributed by atoms with Gasteiger partial charge >= 0.3 is 0 Å². The van der Waals surface area contributed by atoms with Gasteiger partial charge in [-0.1, -0.05) is 42.5 Å². The zero-order chi connectivity index (χ0) is 24.6. The van der Waals surface area contributed by atoms with Crippen LogP contribution in [0, 0.1) is 5.82 Å². The van der Waals surface area contributed by atoms with E-state index in [0.29, 0.717) is 29.5 Å². The zero-order valence-electron chi connectivity index (χ0n) is 19.2. The van der Waals surface area contributed by atoms with Gasteiger partial charge in [0.15, 0.2) is 0 Å². The Bertz CT molecular complexity index is 1620. The van der Waals surface area contributed by atoms with Crippen LogP contribution in [0.25, 0.3) is 22.2 Å². The average Bonchev–Trinajstić information content (AvgIpc) is 3.52. The first kappa shape index (κ1) is 22.1. The van der Waals surface area contributed by atoms with Gasteiger partial charge in [0.2, 0.25) is 5.13 Å². The first-order chi connectivity index (χ1) is 17.6. The molecule has 0 bridgehead atoms. The molecule has 0 saturated heterocycles. The topological polar surface area (TPSA) is 81.9 Å². The molecule has 2 aromatic heterocycles. The molecule has 3 heterocycles. The molecule has 1 aliphatic rings. The summed E-state index contributed by atoms with van der Waals surface area (Å²) in [4.78, 5) is 13.4. The van der Waals surface area contributed by atoms with Gasteiger partial charge in [0.25, 0.3) is 5.91 Å². The number of rotatable bonds is 4. The summed E-state index contributed by atoms with van der Waals surface area (Å²) >= 11 is 1.27. The number of hydrogen-bond acceptors (Lipinski definition) is 6. The number of nitrogens with one attached hydrogen (secondary N) is 1. The molecule has 0 spiro atoms. The summed E-state index contributed by atoms with van der Waals surface area (Å²) in [5, 5.41) is 16.5. The van der Waals surface area contributed by atoms with Crippen LogP contribution in [-0.4, -0.2) is 25.9 Å². The van der Waals surface area contributed by atoms with Crippen LogP contribution in [0.4, 0.5) is 9.52 Å². The number of benzene rings is 3. The number of carbonyl (C=O) groups is 1. The molecule has 9 heteroatoms. The molecule has 36 heavy (non-hydrogen) atoms. The second-order valence-corrected chi connectivity index (χ2v) is 9.12. The molecule has 0 aliphatic carbocycles. The van der Waals surface area contributed by atoms with Crippen molar-refractivity contribution in [2.24, 2.45) is 0 Å². The number of carbonyl (C=O) groups excluding carboxylic acids is 1. The number of anilines is 1. The van der Waals surface area contributed by atoms with Crippen molar-refractivity contribution in [2.45, 2.75) is 20.0 Å². The van der Waals surface area contributed by atoms with Gasteiger partial charge < -0.3 is 4.74 Å². The van der Waals surface area contributed by atoms with E-state index in [-0.39, 0.29) is 11.7 Å². The summed E-state index contributed by atoms with van der Waals surface area (Å²) in [6.07, 6.45) is 2.26. The van der Waals surface area contributed by atoms with Crippen molar-refractivity contribution in [2.75, 3.05) is 5.32 Å². The molecule has 0 atom stereocenters. The fourth-order valence-corrected chi connectivity index (χ4v) is 4.96. The maximum atomic E-state index is 13.5. The molecule has 3 aromatic carbocycles. The van der Waals surface area contributed by atoms with Crippen LogP contribution in [-0.2, 0) is 11.4 Å². The largest absolute Gasteiger partial charge is 0.488 e. The average molecular weight is 498 g/mol. The SMILES string of the molecule is CC/C(C(=O)Nc1nncs1)=C1/c2ccccc2COc2cc3c(cnn3-c3ccc(F)cc3)cc21. The maximum Gasteiger partial charge on any atom is 0.254 e. The fourth-order valence-electron chi connectivity index (χ4n) is 4.52. The lowest BCUT2D eigenvalue weighted by atomic mass is 9.88. The van der Waals surface area contributed by atoms with Crippen molar-refractivity contribution < 1.29 is 13.9 Å². The van der Waals surface area contributed by atoms with Crippen LogP contribution >= 0.6 is 11.3 Å². The summed E-state index contributed by atoms with van der Waals surface area (Å²) in [6, 6.07) is 18.1. The van der Waals surface area contributed by atoms with E-state index in [2.05, 4.69) is 20.6 Å². The summed E-state index contributed by atoms with van der Waals surface area (Å²) in [5.74, 6) is 0.111. The highest BCUT2D eigenvalue weighted by atomic mass is 32.1. The monoisotopic (exact) mass is 497 g/mol. The van der Waals surface area contributed by atoms with E-state index in [0.717, 1.165) is 38.9 Å². The third-order valence-corrected chi connectivity index (χ3v) is 6.80. The Kier molecular flexibility index (Phi) is 5.54. The van der Waals surface area contributed by atoms with Crippen LogP contribution in [0.3, 0.4) is 0 Å². The maximum absolute atomic E-state index is 13.5. The minimum atomic E-state index is -0.307. The zero-order valence-corrected chi connectivity index (χ0v) is 20.1. The van der Waals surface area contributed by atoms with Crippen LogP contribution in [0.15, 0.2) is 77.9 Å². The Labute approximate surface area is 209 Å². The minimum absolute atomic E-state index is 0.228. The fraction of sp³-hybridized carbons (Fsp3) is 0.111. The number of aromatic nitrogens is 4. The number of halogens is 1. The van der Waals surface area contributed by atoms with Crippen LogP contribution in [0.5, 0.6) is 5.75 Å². The van der Waals surface area contributed by atoms with E-state index in [4.69, 9.17) is 4.74 Å². The van der Waals surface area contributed by atoms with Crippen molar-refractivity contribution in [1.29, 1.82) is 0 Å². The van der Waals surface area contributed by atoms with E-state index in [1.807, 2.05) is 43.3 Å². The first-order valence-corrected chi connectivity index (χ1v) is 12.3. The molecule has 0 saturated carbocycles. The van der Waals surface area contributed by atoms with Crippen molar-refractivity contribution in [3.63, 3.8) is 0 Å². The molecule has 0 unspecified atom stereocenters. The Hall–Kier alpha value is -4.37. The van der Waals surface area contributed by atoms with Gasteiger partial charge in [-0.15, -0.1) is 10.2 Å². The summed E-state index contributed by atoms with van der Waals surface area (Å²) < 4.78 is 21.5. The molecule has 1 aliphatic heterocycles.